The lowest BCUT2D eigenvalue weighted by atomic mass is 9.81. The van der Waals surface area contributed by atoms with E-state index in [9.17, 15) is 14.4 Å². The van der Waals surface area contributed by atoms with Gasteiger partial charge in [-0.2, -0.15) is 5.21 Å². The van der Waals surface area contributed by atoms with Crippen LogP contribution in [0, 0.1) is 18.8 Å². The number of benzene rings is 2. The van der Waals surface area contributed by atoms with Gasteiger partial charge in [0.1, 0.15) is 11.7 Å². The average Bonchev–Trinajstić information content (AvgIpc) is 3.70. The topological polar surface area (TPSA) is 189 Å². The lowest BCUT2D eigenvalue weighted by molar-refractivity contribution is -0.127. The van der Waals surface area contributed by atoms with Gasteiger partial charge < -0.3 is 21.7 Å². The van der Waals surface area contributed by atoms with Crippen molar-refractivity contribution < 1.29 is 14.4 Å². The lowest BCUT2D eigenvalue weighted by Crippen LogP contribution is -2.52. The van der Waals surface area contributed by atoms with Gasteiger partial charge in [0, 0.05) is 41.4 Å². The zero-order valence-electron chi connectivity index (χ0n) is 30.3. The number of anilines is 1. The summed E-state index contributed by atoms with van der Waals surface area (Å²) in [5.74, 6) is -0.298. The van der Waals surface area contributed by atoms with Gasteiger partial charge in [-0.3, -0.25) is 19.3 Å². The van der Waals surface area contributed by atoms with Crippen LogP contribution in [0.25, 0.3) is 22.5 Å². The highest BCUT2D eigenvalue weighted by Gasteiger charge is 2.36. The van der Waals surface area contributed by atoms with E-state index < -0.39 is 11.9 Å². The molecule has 2 heterocycles. The van der Waals surface area contributed by atoms with Gasteiger partial charge in [0.05, 0.1) is 0 Å². The van der Waals surface area contributed by atoms with Gasteiger partial charge in [-0.25, -0.2) is 4.98 Å². The summed E-state index contributed by atoms with van der Waals surface area (Å²) in [6.45, 7) is 10.3. The van der Waals surface area contributed by atoms with Crippen molar-refractivity contribution in [3.63, 3.8) is 0 Å². The van der Waals surface area contributed by atoms with E-state index in [0.717, 1.165) is 66.8 Å². The zero-order chi connectivity index (χ0) is 36.3. The quantitative estimate of drug-likeness (QED) is 0.122. The number of primary amides is 1. The Morgan fingerprint density at radius 3 is 2.19 bits per heavy atom. The van der Waals surface area contributed by atoms with E-state index in [0.29, 0.717) is 49.1 Å². The minimum Gasteiger partial charge on any atom is -0.368 e. The summed E-state index contributed by atoms with van der Waals surface area (Å²) in [5, 5.41) is 17.1. The Labute approximate surface area is 311 Å². The number of nitrogens with zero attached hydrogens (tertiary/aromatic N) is 6. The van der Waals surface area contributed by atoms with Gasteiger partial charge in [-0.15, -0.1) is 22.6 Å². The van der Waals surface area contributed by atoms with Crippen molar-refractivity contribution in [3.8, 4) is 22.5 Å². The fraction of sp³-hybridized carbons (Fsp3) is 0.447. The summed E-state index contributed by atoms with van der Waals surface area (Å²) < 4.78 is 0. The molecule has 2 aromatic carbocycles. The third-order valence-corrected chi connectivity index (χ3v) is 10.00. The summed E-state index contributed by atoms with van der Waals surface area (Å²) >= 11 is 0. The Bertz CT molecular complexity index is 1740. The van der Waals surface area contributed by atoms with Crippen LogP contribution in [0.15, 0.2) is 60.7 Å². The normalized spacial score (nSPS) is 16.2. The molecule has 0 bridgehead atoms. The number of carbonyl (C=O) groups is 3. The zero-order valence-corrected chi connectivity index (χ0v) is 31.1. The Kier molecular flexibility index (Phi) is 14.8. The van der Waals surface area contributed by atoms with Crippen molar-refractivity contribution >= 4 is 35.8 Å². The molecule has 13 nitrogen and oxygen atoms in total. The van der Waals surface area contributed by atoms with Crippen molar-refractivity contribution in [1.82, 2.24) is 35.8 Å². The predicted molar refractivity (Wildman–Crippen MR) is 205 cm³/mol. The van der Waals surface area contributed by atoms with E-state index in [4.69, 9.17) is 11.5 Å². The van der Waals surface area contributed by atoms with Crippen molar-refractivity contribution in [1.29, 1.82) is 0 Å². The maximum Gasteiger partial charge on any atom is 0.269 e. The largest absolute Gasteiger partial charge is 0.368 e. The van der Waals surface area contributed by atoms with Gasteiger partial charge in [-0.05, 0) is 118 Å². The second-order valence-corrected chi connectivity index (χ2v) is 13.2. The molecule has 4 aromatic rings. The monoisotopic (exact) mass is 730 g/mol. The molecule has 5 rings (SSSR count). The number of nitrogens with two attached hydrogens (primary N) is 2. The summed E-state index contributed by atoms with van der Waals surface area (Å²) in [7, 11) is 0. The van der Waals surface area contributed by atoms with E-state index in [1.165, 1.54) is 0 Å². The van der Waals surface area contributed by atoms with E-state index >= 15 is 0 Å². The second kappa shape index (κ2) is 19.2. The molecule has 6 N–H and O–H groups in total. The van der Waals surface area contributed by atoms with Crippen molar-refractivity contribution in [3.05, 3.63) is 77.6 Å². The third-order valence-electron chi connectivity index (χ3n) is 10.00. The standard InChI is InChI=1S/C38H50N10O3.ClH/c1-4-47(5-2)22-6-21-41-37(50)33-20-19-32(25(3)42-33)28-11-7-26(8-12-28)23-34(35(40)49)48(38(51)30-13-9-27(24-39)10-14-30)31-17-15-29(16-18-31)36-43-45-46-44-36;/h7-8,11-12,15-20,27,30,34H,4-6,9-10,13-14,21-24,39H2,1-3H3,(H2,40,49)(H,41,50)(H,43,44,45,46);1H/t27-,30-,34-;/m0./s1. The van der Waals surface area contributed by atoms with Gasteiger partial charge in [0.2, 0.25) is 17.6 Å². The van der Waals surface area contributed by atoms with Gasteiger partial charge >= 0.3 is 0 Å². The molecule has 1 aliphatic rings. The van der Waals surface area contributed by atoms with Crippen LogP contribution in [0.2, 0.25) is 0 Å². The number of aromatic amines is 1. The number of amides is 3. The van der Waals surface area contributed by atoms with Gasteiger partial charge in [0.15, 0.2) is 0 Å². The number of H-pyrrole nitrogens is 1. The number of hydrogen-bond acceptors (Lipinski definition) is 9. The fourth-order valence-corrected chi connectivity index (χ4v) is 6.85. The first-order valence-electron chi connectivity index (χ1n) is 18.0. The minimum atomic E-state index is -0.917. The average molecular weight is 731 g/mol. The van der Waals surface area contributed by atoms with Crippen LogP contribution >= 0.6 is 12.4 Å². The Morgan fingerprint density at radius 1 is 0.942 bits per heavy atom. The minimum absolute atomic E-state index is 0. The number of hydrogen-bond donors (Lipinski definition) is 4. The molecule has 1 fully saturated rings. The van der Waals surface area contributed by atoms with Crippen LogP contribution < -0.4 is 21.7 Å². The molecule has 14 heteroatoms. The predicted octanol–water partition coefficient (Wildman–Crippen LogP) is 4.32. The van der Waals surface area contributed by atoms with Crippen LogP contribution in [-0.2, 0) is 16.0 Å². The number of carbonyl (C=O) groups excluding carboxylic acids is 3. The van der Waals surface area contributed by atoms with Crippen LogP contribution in [0.4, 0.5) is 5.69 Å². The summed E-state index contributed by atoms with van der Waals surface area (Å²) in [6, 6.07) is 17.7. The highest BCUT2D eigenvalue weighted by atomic mass is 35.5. The highest BCUT2D eigenvalue weighted by Crippen LogP contribution is 2.33. The Balaban J connectivity index is 0.00000605. The SMILES string of the molecule is CCN(CC)CCCNC(=O)c1ccc(-c2ccc(C[C@@H](C(N)=O)N(c3ccc(-c4nn[nH]n4)cc3)C(=O)[C@H]3CC[C@H](CN)CC3)cc2)c(C)n1.Cl. The molecule has 0 radical (unpaired) electrons. The van der Waals surface area contributed by atoms with Crippen LogP contribution in [0.5, 0.6) is 0 Å². The molecule has 2 aromatic heterocycles. The number of rotatable bonds is 16. The number of aryl methyl sites for hydroxylation is 1. The van der Waals surface area contributed by atoms with Crippen LogP contribution in [0.3, 0.4) is 0 Å². The smallest absolute Gasteiger partial charge is 0.269 e. The highest BCUT2D eigenvalue weighted by molar-refractivity contribution is 6.02. The maximum absolute atomic E-state index is 14.2. The Morgan fingerprint density at radius 2 is 1.62 bits per heavy atom. The number of halogens is 1. The lowest BCUT2D eigenvalue weighted by Gasteiger charge is -2.35. The van der Waals surface area contributed by atoms with E-state index in [-0.39, 0.29) is 36.6 Å². The summed E-state index contributed by atoms with van der Waals surface area (Å²) in [5.41, 5.74) is 17.1. The van der Waals surface area contributed by atoms with Crippen molar-refractivity contribution in [2.24, 2.45) is 23.3 Å². The molecule has 278 valence electrons. The summed E-state index contributed by atoms with van der Waals surface area (Å²) in [6.07, 6.45) is 4.28. The van der Waals surface area contributed by atoms with Gasteiger partial charge in [-0.1, -0.05) is 44.2 Å². The van der Waals surface area contributed by atoms with Gasteiger partial charge in [0.25, 0.3) is 5.91 Å². The molecule has 1 saturated carbocycles. The van der Waals surface area contributed by atoms with Crippen molar-refractivity contribution in [2.75, 3.05) is 37.6 Å². The van der Waals surface area contributed by atoms with E-state index in [1.54, 1.807) is 35.2 Å². The molecule has 0 aliphatic heterocycles. The number of nitrogens with one attached hydrogen (secondary N) is 2. The molecular formula is C38H51ClN10O3. The first-order chi connectivity index (χ1) is 24.7. The molecule has 0 saturated heterocycles. The van der Waals surface area contributed by atoms with E-state index in [2.05, 4.69) is 49.7 Å². The molecule has 1 aliphatic carbocycles. The molecule has 0 unspecified atom stereocenters. The number of tetrazole rings is 1. The van der Waals surface area contributed by atoms with Crippen LogP contribution in [0.1, 0.15) is 67.7 Å². The fourth-order valence-electron chi connectivity index (χ4n) is 6.85. The van der Waals surface area contributed by atoms with Crippen LogP contribution in [-0.4, -0.2) is 87.0 Å². The number of aromatic nitrogens is 5. The molecule has 3 amide bonds. The molecule has 1 atom stereocenters. The van der Waals surface area contributed by atoms with E-state index in [1.807, 2.05) is 37.3 Å². The Hall–Kier alpha value is -4.72. The second-order valence-electron chi connectivity index (χ2n) is 13.2. The molecule has 52 heavy (non-hydrogen) atoms. The number of pyridine rings is 1. The first kappa shape index (κ1) is 40.1. The molecule has 0 spiro atoms. The first-order valence-corrected chi connectivity index (χ1v) is 18.0. The van der Waals surface area contributed by atoms with Crippen molar-refractivity contribution in [2.45, 2.75) is 65.3 Å². The maximum atomic E-state index is 14.2. The summed E-state index contributed by atoms with van der Waals surface area (Å²) in [4.78, 5) is 48.6. The molecular weight excluding hydrogens is 680 g/mol. The third kappa shape index (κ3) is 9.99.